The lowest BCUT2D eigenvalue weighted by Gasteiger charge is -2.10. The topological polar surface area (TPSA) is 83.3 Å². The Kier molecular flexibility index (Phi) is 4.50. The van der Waals surface area contributed by atoms with E-state index in [1.54, 1.807) is 12.4 Å². The van der Waals surface area contributed by atoms with Gasteiger partial charge in [-0.25, -0.2) is 16.3 Å². The lowest BCUT2D eigenvalue weighted by Crippen LogP contribution is -2.41. The molecule has 0 saturated carbocycles. The van der Waals surface area contributed by atoms with Crippen LogP contribution in [0.3, 0.4) is 0 Å². The van der Waals surface area contributed by atoms with E-state index in [-0.39, 0.29) is 18.0 Å². The average molecular weight is 312 g/mol. The molecule has 0 aromatic carbocycles. The molecule has 0 aliphatic carbocycles. The van der Waals surface area contributed by atoms with Gasteiger partial charge in [0.05, 0.1) is 11.8 Å². The van der Waals surface area contributed by atoms with E-state index in [1.165, 1.54) is 0 Å². The highest BCUT2D eigenvalue weighted by Gasteiger charge is 2.31. The van der Waals surface area contributed by atoms with Gasteiger partial charge in [0.1, 0.15) is 6.04 Å². The molecule has 2 aromatic rings. The summed E-state index contributed by atoms with van der Waals surface area (Å²) in [6.07, 6.45) is 6.06. The van der Waals surface area contributed by atoms with Gasteiger partial charge < -0.3 is 4.57 Å². The van der Waals surface area contributed by atoms with Crippen LogP contribution in [0, 0.1) is 0 Å². The Morgan fingerprint density at radius 1 is 1.35 bits per heavy atom. The molecule has 3 heterocycles. The Hall–Kier alpha value is -2.51. The molecule has 1 aliphatic heterocycles. The van der Waals surface area contributed by atoms with E-state index < -0.39 is 0 Å². The van der Waals surface area contributed by atoms with E-state index in [1.807, 2.05) is 49.0 Å². The van der Waals surface area contributed by atoms with Crippen LogP contribution in [0.5, 0.6) is 0 Å². The normalized spacial score (nSPS) is 21.4. The molecule has 1 fully saturated rings. The lowest BCUT2D eigenvalue weighted by molar-refractivity contribution is -0.122. The van der Waals surface area contributed by atoms with Crippen molar-refractivity contribution in [2.75, 3.05) is 0 Å². The smallest absolute Gasteiger partial charge is 0.258 e. The third-order valence-corrected chi connectivity index (χ3v) is 3.99. The first kappa shape index (κ1) is 15.4. The fraction of sp³-hybridized carbons (Fsp3) is 0.312. The van der Waals surface area contributed by atoms with Gasteiger partial charge in [0, 0.05) is 36.9 Å². The van der Waals surface area contributed by atoms with Gasteiger partial charge in [-0.2, -0.15) is 5.10 Å². The highest BCUT2D eigenvalue weighted by molar-refractivity contribution is 5.99. The zero-order valence-corrected chi connectivity index (χ0v) is 13.2. The lowest BCUT2D eigenvalue weighted by atomic mass is 10.1. The van der Waals surface area contributed by atoms with Crippen molar-refractivity contribution in [3.63, 3.8) is 0 Å². The predicted octanol–water partition coefficient (Wildman–Crippen LogP) is 0.868. The van der Waals surface area contributed by atoms with Crippen molar-refractivity contribution in [3.05, 3.63) is 54.1 Å². The molecule has 0 radical (unpaired) electrons. The number of pyridine rings is 1. The molecular formula is C16H20N6O. The number of nitrogens with one attached hydrogen (secondary N) is 3. The van der Waals surface area contributed by atoms with Crippen molar-refractivity contribution in [2.24, 2.45) is 12.1 Å². The van der Waals surface area contributed by atoms with Crippen molar-refractivity contribution < 1.29 is 4.79 Å². The Morgan fingerprint density at radius 3 is 2.83 bits per heavy atom. The van der Waals surface area contributed by atoms with Crippen molar-refractivity contribution >= 4 is 11.6 Å². The highest BCUT2D eigenvalue weighted by Crippen LogP contribution is 2.22. The van der Waals surface area contributed by atoms with Crippen molar-refractivity contribution in [1.82, 2.24) is 25.8 Å². The SMILES string of the molecule is C/C(=N\NC(=O)C1CC(c2cccn2C)NN1)c1ccncc1. The Bertz CT molecular complexity index is 708. The molecule has 0 spiro atoms. The summed E-state index contributed by atoms with van der Waals surface area (Å²) >= 11 is 0. The van der Waals surface area contributed by atoms with E-state index in [0.29, 0.717) is 6.42 Å². The minimum absolute atomic E-state index is 0.107. The highest BCUT2D eigenvalue weighted by atomic mass is 16.2. The molecular weight excluding hydrogens is 292 g/mol. The zero-order chi connectivity index (χ0) is 16.2. The molecule has 3 N–H and O–H groups in total. The number of hydrogen-bond donors (Lipinski definition) is 3. The van der Waals surface area contributed by atoms with E-state index in [9.17, 15) is 4.79 Å². The summed E-state index contributed by atoms with van der Waals surface area (Å²) in [5.41, 5.74) is 11.6. The summed E-state index contributed by atoms with van der Waals surface area (Å²) in [5, 5.41) is 4.16. The van der Waals surface area contributed by atoms with Crippen molar-refractivity contribution in [1.29, 1.82) is 0 Å². The summed E-state index contributed by atoms with van der Waals surface area (Å²) in [5.74, 6) is -0.150. The Labute approximate surface area is 134 Å². The van der Waals surface area contributed by atoms with Crippen LogP contribution >= 0.6 is 0 Å². The first-order chi connectivity index (χ1) is 11.1. The monoisotopic (exact) mass is 312 g/mol. The number of hydrazine groups is 1. The van der Waals surface area contributed by atoms with Crippen LogP contribution in [0.4, 0.5) is 0 Å². The fourth-order valence-corrected chi connectivity index (χ4v) is 2.63. The molecule has 120 valence electrons. The summed E-state index contributed by atoms with van der Waals surface area (Å²) in [4.78, 5) is 16.2. The molecule has 23 heavy (non-hydrogen) atoms. The van der Waals surface area contributed by atoms with Crippen LogP contribution in [0.25, 0.3) is 0 Å². The molecule has 0 bridgehead atoms. The summed E-state index contributed by atoms with van der Waals surface area (Å²) in [6.45, 7) is 1.85. The van der Waals surface area contributed by atoms with Gasteiger partial charge in [-0.15, -0.1) is 0 Å². The van der Waals surface area contributed by atoms with Gasteiger partial charge >= 0.3 is 0 Å². The van der Waals surface area contributed by atoms with Gasteiger partial charge in [0.15, 0.2) is 0 Å². The first-order valence-electron chi connectivity index (χ1n) is 7.52. The fourth-order valence-electron chi connectivity index (χ4n) is 2.63. The second-order valence-corrected chi connectivity index (χ2v) is 5.58. The van der Waals surface area contributed by atoms with E-state index >= 15 is 0 Å². The Morgan fingerprint density at radius 2 is 2.13 bits per heavy atom. The van der Waals surface area contributed by atoms with Gasteiger partial charge in [0.25, 0.3) is 5.91 Å². The van der Waals surface area contributed by atoms with Gasteiger partial charge in [-0.3, -0.25) is 9.78 Å². The predicted molar refractivity (Wildman–Crippen MR) is 87.4 cm³/mol. The van der Waals surface area contributed by atoms with E-state index in [2.05, 4.69) is 26.4 Å². The third-order valence-electron chi connectivity index (χ3n) is 3.99. The molecule has 1 saturated heterocycles. The van der Waals surface area contributed by atoms with Crippen molar-refractivity contribution in [3.8, 4) is 0 Å². The van der Waals surface area contributed by atoms with Crippen LogP contribution in [0.2, 0.25) is 0 Å². The maximum Gasteiger partial charge on any atom is 0.258 e. The molecule has 1 aliphatic rings. The van der Waals surface area contributed by atoms with Crippen LogP contribution in [-0.4, -0.2) is 27.2 Å². The molecule has 7 nitrogen and oxygen atoms in total. The van der Waals surface area contributed by atoms with Crippen LogP contribution in [-0.2, 0) is 11.8 Å². The standard InChI is InChI=1S/C16H20N6O/c1-11(12-5-7-17-8-6-12)18-21-16(23)14-10-13(19-20-14)15-4-3-9-22(15)2/h3-9,13-14,19-20H,10H2,1-2H3,(H,21,23)/b18-11+. The minimum Gasteiger partial charge on any atom is -0.353 e. The van der Waals surface area contributed by atoms with Gasteiger partial charge in [0.2, 0.25) is 0 Å². The summed E-state index contributed by atoms with van der Waals surface area (Å²) in [7, 11) is 1.99. The first-order valence-corrected chi connectivity index (χ1v) is 7.52. The zero-order valence-electron chi connectivity index (χ0n) is 13.2. The number of carbonyl (C=O) groups is 1. The third kappa shape index (κ3) is 3.46. The summed E-state index contributed by atoms with van der Waals surface area (Å²) in [6, 6.07) is 7.54. The van der Waals surface area contributed by atoms with Crippen LogP contribution < -0.4 is 16.3 Å². The number of aromatic nitrogens is 2. The molecule has 2 unspecified atom stereocenters. The maximum absolute atomic E-state index is 12.2. The van der Waals surface area contributed by atoms with Gasteiger partial charge in [-0.1, -0.05) is 0 Å². The average Bonchev–Trinajstić information content (AvgIpc) is 3.21. The number of hydrogen-bond acceptors (Lipinski definition) is 5. The molecule has 2 aromatic heterocycles. The van der Waals surface area contributed by atoms with Crippen LogP contribution in [0.1, 0.15) is 30.6 Å². The number of nitrogens with zero attached hydrogens (tertiary/aromatic N) is 3. The number of aryl methyl sites for hydroxylation is 1. The number of hydrazone groups is 1. The maximum atomic E-state index is 12.2. The van der Waals surface area contributed by atoms with E-state index in [0.717, 1.165) is 17.0 Å². The largest absolute Gasteiger partial charge is 0.353 e. The molecule has 2 atom stereocenters. The Balaban J connectivity index is 1.58. The summed E-state index contributed by atoms with van der Waals surface area (Å²) < 4.78 is 2.05. The number of carbonyl (C=O) groups excluding carboxylic acids is 1. The van der Waals surface area contributed by atoms with Crippen molar-refractivity contribution in [2.45, 2.75) is 25.4 Å². The second kappa shape index (κ2) is 6.72. The van der Waals surface area contributed by atoms with Crippen LogP contribution in [0.15, 0.2) is 48.0 Å². The molecule has 1 amide bonds. The second-order valence-electron chi connectivity index (χ2n) is 5.58. The molecule has 3 rings (SSSR count). The minimum atomic E-state index is -0.316. The van der Waals surface area contributed by atoms with E-state index in [4.69, 9.17) is 0 Å². The van der Waals surface area contributed by atoms with Gasteiger partial charge in [-0.05, 0) is 37.6 Å². The molecule has 7 heteroatoms. The number of rotatable bonds is 4. The quantitative estimate of drug-likeness (QED) is 0.578. The number of amides is 1.